The summed E-state index contributed by atoms with van der Waals surface area (Å²) in [5, 5.41) is -0.182. The number of halogens is 4. The van der Waals surface area contributed by atoms with Crippen LogP contribution in [0.5, 0.6) is 11.5 Å². The van der Waals surface area contributed by atoms with Gasteiger partial charge in [-0.1, -0.05) is 11.6 Å². The fourth-order valence-electron chi connectivity index (χ4n) is 1.33. The molecule has 0 aliphatic rings. The summed E-state index contributed by atoms with van der Waals surface area (Å²) in [4.78, 5) is 11.2. The molecule has 1 aromatic rings. The maximum atomic E-state index is 12.3. The smallest absolute Gasteiger partial charge is 0.493 e. The summed E-state index contributed by atoms with van der Waals surface area (Å²) in [5.74, 6) is -1.74. The van der Waals surface area contributed by atoms with Gasteiger partial charge in [-0.2, -0.15) is 21.6 Å². The molecule has 0 N–H and O–H groups in total. The number of esters is 1. The SMILES string of the molecule is COC(=O)Cc1cc(OC)c(OS(=O)(=O)C(F)(F)F)cc1Cl. The van der Waals surface area contributed by atoms with Gasteiger partial charge in [0.1, 0.15) is 0 Å². The van der Waals surface area contributed by atoms with Crippen LogP contribution in [0, 0.1) is 0 Å². The van der Waals surface area contributed by atoms with Gasteiger partial charge in [0.25, 0.3) is 0 Å². The van der Waals surface area contributed by atoms with E-state index in [9.17, 15) is 26.4 Å². The molecule has 0 fully saturated rings. The lowest BCUT2D eigenvalue weighted by Gasteiger charge is -2.14. The van der Waals surface area contributed by atoms with Crippen molar-refractivity contribution < 1.29 is 40.0 Å². The first kappa shape index (κ1) is 18.4. The van der Waals surface area contributed by atoms with Crippen LogP contribution in [-0.2, 0) is 26.1 Å². The molecule has 0 heterocycles. The Bertz CT molecular complexity index is 671. The van der Waals surface area contributed by atoms with Crippen molar-refractivity contribution in [3.8, 4) is 11.5 Å². The molecule has 0 bridgehead atoms. The number of alkyl halides is 3. The molecule has 11 heteroatoms. The molecule has 0 unspecified atom stereocenters. The molecule has 0 saturated carbocycles. The maximum Gasteiger partial charge on any atom is 0.534 e. The molecule has 0 aliphatic heterocycles. The van der Waals surface area contributed by atoms with Gasteiger partial charge >= 0.3 is 21.6 Å². The highest BCUT2D eigenvalue weighted by atomic mass is 35.5. The minimum Gasteiger partial charge on any atom is -0.493 e. The lowest BCUT2D eigenvalue weighted by molar-refractivity contribution is -0.139. The summed E-state index contributed by atoms with van der Waals surface area (Å²) in [5.41, 5.74) is -5.43. The van der Waals surface area contributed by atoms with Crippen LogP contribution in [0.1, 0.15) is 5.56 Å². The van der Waals surface area contributed by atoms with E-state index in [1.165, 1.54) is 0 Å². The Kier molecular flexibility index (Phi) is 5.52. The molecule has 0 saturated heterocycles. The van der Waals surface area contributed by atoms with Gasteiger partial charge in [-0.25, -0.2) is 0 Å². The normalized spacial score (nSPS) is 11.9. The topological polar surface area (TPSA) is 78.9 Å². The van der Waals surface area contributed by atoms with E-state index in [0.29, 0.717) is 0 Å². The first-order chi connectivity index (χ1) is 10.0. The van der Waals surface area contributed by atoms with Crippen molar-refractivity contribution in [2.45, 2.75) is 11.9 Å². The van der Waals surface area contributed by atoms with Crippen LogP contribution in [0.2, 0.25) is 5.02 Å². The summed E-state index contributed by atoms with van der Waals surface area (Å²) in [7, 11) is -3.65. The Balaban J connectivity index is 3.23. The number of hydrogen-bond acceptors (Lipinski definition) is 6. The van der Waals surface area contributed by atoms with Crippen LogP contribution in [0.15, 0.2) is 12.1 Å². The minimum absolute atomic E-state index is 0.169. The molecule has 1 aromatic carbocycles. The quantitative estimate of drug-likeness (QED) is 0.454. The lowest BCUT2D eigenvalue weighted by atomic mass is 10.1. The average molecular weight is 363 g/mol. The van der Waals surface area contributed by atoms with E-state index in [2.05, 4.69) is 8.92 Å². The highest BCUT2D eigenvalue weighted by molar-refractivity contribution is 7.88. The molecule has 1 rings (SSSR count). The zero-order valence-electron chi connectivity index (χ0n) is 11.2. The van der Waals surface area contributed by atoms with Crippen molar-refractivity contribution in [1.29, 1.82) is 0 Å². The van der Waals surface area contributed by atoms with Gasteiger partial charge < -0.3 is 13.7 Å². The molecule has 0 spiro atoms. The molecule has 0 radical (unpaired) electrons. The molecule has 0 aromatic heterocycles. The van der Waals surface area contributed by atoms with Crippen LogP contribution in [0.25, 0.3) is 0 Å². The van der Waals surface area contributed by atoms with Crippen LogP contribution in [0.3, 0.4) is 0 Å². The standard InChI is InChI=1S/C11H10ClF3O6S/c1-19-8-3-6(4-10(16)20-2)7(12)5-9(8)21-22(17,18)11(13,14)15/h3,5H,4H2,1-2H3. The largest absolute Gasteiger partial charge is 0.534 e. The molecular weight excluding hydrogens is 353 g/mol. The van der Waals surface area contributed by atoms with Crippen molar-refractivity contribution >= 4 is 27.7 Å². The second kappa shape index (κ2) is 6.61. The minimum atomic E-state index is -5.87. The fraction of sp³-hybridized carbons (Fsp3) is 0.364. The molecule has 0 atom stereocenters. The maximum absolute atomic E-state index is 12.3. The van der Waals surface area contributed by atoms with Gasteiger partial charge in [0.05, 0.1) is 20.6 Å². The van der Waals surface area contributed by atoms with Crippen molar-refractivity contribution in [2.24, 2.45) is 0 Å². The Morgan fingerprint density at radius 2 is 1.82 bits per heavy atom. The first-order valence-electron chi connectivity index (χ1n) is 5.45. The Labute approximate surface area is 128 Å². The highest BCUT2D eigenvalue weighted by Gasteiger charge is 2.49. The number of benzene rings is 1. The van der Waals surface area contributed by atoms with E-state index in [4.69, 9.17) is 16.3 Å². The molecular formula is C11H10ClF3O6S. The Hall–Kier alpha value is -1.68. The highest BCUT2D eigenvalue weighted by Crippen LogP contribution is 2.37. The molecule has 0 aliphatic carbocycles. The van der Waals surface area contributed by atoms with Gasteiger partial charge in [0.2, 0.25) is 0 Å². The number of ether oxygens (including phenoxy) is 2. The molecule has 0 amide bonds. The number of carbonyl (C=O) groups excluding carboxylic acids is 1. The third-order valence-corrected chi connectivity index (χ3v) is 3.70. The summed E-state index contributed by atoms with van der Waals surface area (Å²) in [6, 6.07) is 1.89. The van der Waals surface area contributed by atoms with E-state index in [-0.39, 0.29) is 22.8 Å². The number of rotatable bonds is 5. The fourth-order valence-corrected chi connectivity index (χ4v) is 2.01. The van der Waals surface area contributed by atoms with Crippen molar-refractivity contribution in [3.63, 3.8) is 0 Å². The van der Waals surface area contributed by atoms with Crippen molar-refractivity contribution in [2.75, 3.05) is 14.2 Å². The Morgan fingerprint density at radius 3 is 2.27 bits per heavy atom. The van der Waals surface area contributed by atoms with Gasteiger partial charge in [-0.15, -0.1) is 0 Å². The average Bonchev–Trinajstić information content (AvgIpc) is 2.39. The number of methoxy groups -OCH3 is 2. The summed E-state index contributed by atoms with van der Waals surface area (Å²) in [6.45, 7) is 0. The van der Waals surface area contributed by atoms with Crippen LogP contribution in [0.4, 0.5) is 13.2 Å². The summed E-state index contributed by atoms with van der Waals surface area (Å²) >= 11 is 5.78. The van der Waals surface area contributed by atoms with E-state index in [1.54, 1.807) is 0 Å². The first-order valence-corrected chi connectivity index (χ1v) is 7.24. The van der Waals surface area contributed by atoms with E-state index in [0.717, 1.165) is 26.4 Å². The van der Waals surface area contributed by atoms with Crippen LogP contribution < -0.4 is 8.92 Å². The molecule has 22 heavy (non-hydrogen) atoms. The number of carbonyl (C=O) groups is 1. The predicted molar refractivity (Wildman–Crippen MR) is 69.3 cm³/mol. The Morgan fingerprint density at radius 1 is 1.23 bits per heavy atom. The van der Waals surface area contributed by atoms with E-state index in [1.807, 2.05) is 0 Å². The second-order valence-electron chi connectivity index (χ2n) is 3.83. The summed E-state index contributed by atoms with van der Waals surface area (Å²) in [6.07, 6.45) is -0.280. The van der Waals surface area contributed by atoms with Crippen LogP contribution >= 0.6 is 11.6 Å². The second-order valence-corrected chi connectivity index (χ2v) is 5.78. The van der Waals surface area contributed by atoms with Crippen LogP contribution in [-0.4, -0.2) is 34.1 Å². The van der Waals surface area contributed by atoms with E-state index < -0.39 is 27.3 Å². The zero-order valence-corrected chi connectivity index (χ0v) is 12.8. The molecule has 124 valence electrons. The summed E-state index contributed by atoms with van der Waals surface area (Å²) < 4.78 is 72.0. The van der Waals surface area contributed by atoms with Gasteiger partial charge in [0, 0.05) is 11.1 Å². The third kappa shape index (κ3) is 4.17. The van der Waals surface area contributed by atoms with Gasteiger partial charge in [-0.3, -0.25) is 4.79 Å². The van der Waals surface area contributed by atoms with Gasteiger partial charge in [0.15, 0.2) is 11.5 Å². The number of hydrogen-bond donors (Lipinski definition) is 0. The lowest BCUT2D eigenvalue weighted by Crippen LogP contribution is -2.28. The molecule has 6 nitrogen and oxygen atoms in total. The predicted octanol–water partition coefficient (Wildman–Crippen LogP) is 2.29. The third-order valence-electron chi connectivity index (χ3n) is 2.38. The zero-order chi connectivity index (χ0) is 17.1. The van der Waals surface area contributed by atoms with Gasteiger partial charge in [-0.05, 0) is 11.6 Å². The van der Waals surface area contributed by atoms with E-state index >= 15 is 0 Å². The van der Waals surface area contributed by atoms with Crippen molar-refractivity contribution in [1.82, 2.24) is 0 Å². The monoisotopic (exact) mass is 362 g/mol. The van der Waals surface area contributed by atoms with Crippen molar-refractivity contribution in [3.05, 3.63) is 22.7 Å².